The van der Waals surface area contributed by atoms with Crippen LogP contribution >= 0.6 is 11.3 Å². The molecule has 2 aromatic rings. The van der Waals surface area contributed by atoms with Crippen molar-refractivity contribution >= 4 is 29.1 Å². The number of methoxy groups -OCH3 is 1. The summed E-state index contributed by atoms with van der Waals surface area (Å²) < 4.78 is 10.7. The number of carbonyl (C=O) groups excluding carboxylic acids is 2. The van der Waals surface area contributed by atoms with Gasteiger partial charge in [-0.3, -0.25) is 9.59 Å². The first-order chi connectivity index (χ1) is 12.6. The van der Waals surface area contributed by atoms with Gasteiger partial charge in [-0.1, -0.05) is 6.07 Å². The van der Waals surface area contributed by atoms with Gasteiger partial charge in [-0.2, -0.15) is 16.6 Å². The number of ether oxygens (including phenoxy) is 2. The molecule has 0 bridgehead atoms. The highest BCUT2D eigenvalue weighted by molar-refractivity contribution is 7.08. The number of likely N-dealkylation sites (N-methyl/N-ethyl adjacent to an activating group) is 1. The summed E-state index contributed by atoms with van der Waals surface area (Å²) in [5.41, 5.74) is 1.13. The molecule has 26 heavy (non-hydrogen) atoms. The van der Waals surface area contributed by atoms with Gasteiger partial charge in [-0.05, 0) is 42.1 Å². The Labute approximate surface area is 155 Å². The number of carbonyl (C=O) groups is 2. The highest BCUT2D eigenvalue weighted by Crippen LogP contribution is 2.29. The van der Waals surface area contributed by atoms with Gasteiger partial charge in [0, 0.05) is 17.5 Å². The fraction of sp³-hybridized carbons (Fsp3) is 0.211. The zero-order chi connectivity index (χ0) is 18.9. The minimum Gasteiger partial charge on any atom is -0.493 e. The van der Waals surface area contributed by atoms with Crippen molar-refractivity contribution in [2.75, 3.05) is 20.3 Å². The molecule has 1 heterocycles. The Morgan fingerprint density at radius 2 is 2.12 bits per heavy atom. The number of nitriles is 1. The lowest BCUT2D eigenvalue weighted by molar-refractivity contribution is -0.123. The van der Waals surface area contributed by atoms with E-state index < -0.39 is 0 Å². The van der Waals surface area contributed by atoms with E-state index in [-0.39, 0.29) is 23.9 Å². The van der Waals surface area contributed by atoms with E-state index in [9.17, 15) is 14.9 Å². The third kappa shape index (κ3) is 4.94. The minimum atomic E-state index is -0.329. The fourth-order valence-electron chi connectivity index (χ4n) is 2.15. The average molecular weight is 370 g/mol. The van der Waals surface area contributed by atoms with Gasteiger partial charge in [0.25, 0.3) is 5.91 Å². The molecule has 1 aromatic heterocycles. The normalized spacial score (nSPS) is 10.7. The molecule has 0 fully saturated rings. The van der Waals surface area contributed by atoms with Crippen LogP contribution in [-0.4, -0.2) is 32.0 Å². The predicted molar refractivity (Wildman–Crippen MR) is 99.4 cm³/mol. The Hall–Kier alpha value is -3.11. The van der Waals surface area contributed by atoms with Crippen LogP contribution in [0.4, 0.5) is 0 Å². The summed E-state index contributed by atoms with van der Waals surface area (Å²) in [6, 6.07) is 8.58. The van der Waals surface area contributed by atoms with Crippen LogP contribution in [0, 0.1) is 11.3 Å². The summed E-state index contributed by atoms with van der Waals surface area (Å²) in [4.78, 5) is 23.8. The second-order valence-corrected chi connectivity index (χ2v) is 5.94. The standard InChI is InChI=1S/C19H18N2O4S/c1-3-21-18(22)11-25-16-5-4-13(9-17(16)24-2)8-15(10-20)19(23)14-6-7-26-12-14/h4-9,12H,3,11H2,1-2H3,(H,21,22)/b15-8+. The lowest BCUT2D eigenvalue weighted by atomic mass is 10.0. The topological polar surface area (TPSA) is 88.4 Å². The molecule has 1 N–H and O–H groups in total. The summed E-state index contributed by atoms with van der Waals surface area (Å²) in [5, 5.41) is 15.4. The summed E-state index contributed by atoms with van der Waals surface area (Å²) in [7, 11) is 1.48. The molecule has 0 unspecified atom stereocenters. The summed E-state index contributed by atoms with van der Waals surface area (Å²) >= 11 is 1.39. The van der Waals surface area contributed by atoms with E-state index in [0.29, 0.717) is 29.2 Å². The van der Waals surface area contributed by atoms with Crippen molar-refractivity contribution in [1.29, 1.82) is 5.26 Å². The summed E-state index contributed by atoms with van der Waals surface area (Å²) in [5.74, 6) is 0.248. The number of hydrogen-bond donors (Lipinski definition) is 1. The summed E-state index contributed by atoms with van der Waals surface area (Å²) in [6.07, 6.45) is 1.50. The molecule has 0 saturated heterocycles. The first-order valence-electron chi connectivity index (χ1n) is 7.85. The quantitative estimate of drug-likeness (QED) is 0.438. The van der Waals surface area contributed by atoms with Crippen molar-refractivity contribution < 1.29 is 19.1 Å². The molecule has 0 atom stereocenters. The van der Waals surface area contributed by atoms with Gasteiger partial charge in [0.15, 0.2) is 18.1 Å². The van der Waals surface area contributed by atoms with Gasteiger partial charge in [0.05, 0.1) is 7.11 Å². The Morgan fingerprint density at radius 3 is 2.73 bits per heavy atom. The van der Waals surface area contributed by atoms with E-state index in [2.05, 4.69) is 5.32 Å². The maximum Gasteiger partial charge on any atom is 0.257 e. The smallest absolute Gasteiger partial charge is 0.257 e. The first kappa shape index (κ1) is 19.2. The largest absolute Gasteiger partial charge is 0.493 e. The highest BCUT2D eigenvalue weighted by Gasteiger charge is 2.13. The molecule has 0 radical (unpaired) electrons. The second kappa shape index (κ2) is 9.39. The lowest BCUT2D eigenvalue weighted by Crippen LogP contribution is -2.28. The van der Waals surface area contributed by atoms with Crippen molar-refractivity contribution in [2.45, 2.75) is 6.92 Å². The molecule has 7 heteroatoms. The number of nitrogens with one attached hydrogen (secondary N) is 1. The van der Waals surface area contributed by atoms with Crippen LogP contribution in [0.1, 0.15) is 22.8 Å². The molecule has 6 nitrogen and oxygen atoms in total. The SMILES string of the molecule is CCNC(=O)COc1ccc(/C=C(\C#N)C(=O)c2ccsc2)cc1OC. The number of allylic oxidation sites excluding steroid dienone is 1. The molecular formula is C19H18N2O4S. The molecule has 0 spiro atoms. The molecule has 1 amide bonds. The third-order valence-corrected chi connectivity index (χ3v) is 4.06. The zero-order valence-corrected chi connectivity index (χ0v) is 15.3. The average Bonchev–Trinajstić information content (AvgIpc) is 3.19. The number of rotatable bonds is 8. The molecule has 0 aliphatic carbocycles. The molecule has 2 rings (SSSR count). The number of benzene rings is 1. The van der Waals surface area contributed by atoms with Crippen LogP contribution in [0.15, 0.2) is 40.6 Å². The van der Waals surface area contributed by atoms with Gasteiger partial charge in [0.2, 0.25) is 5.78 Å². The van der Waals surface area contributed by atoms with E-state index in [1.807, 2.05) is 13.0 Å². The Morgan fingerprint density at radius 1 is 1.31 bits per heavy atom. The van der Waals surface area contributed by atoms with E-state index in [0.717, 1.165) is 0 Å². The van der Waals surface area contributed by atoms with E-state index in [1.54, 1.807) is 35.0 Å². The molecular weight excluding hydrogens is 352 g/mol. The number of hydrogen-bond acceptors (Lipinski definition) is 6. The van der Waals surface area contributed by atoms with Gasteiger partial charge < -0.3 is 14.8 Å². The van der Waals surface area contributed by atoms with Crippen molar-refractivity contribution in [3.05, 3.63) is 51.7 Å². The Bertz CT molecular complexity index is 851. The number of Topliss-reactive ketones (excluding diaryl/α,β-unsaturated/α-hetero) is 1. The van der Waals surface area contributed by atoms with Crippen LogP contribution in [-0.2, 0) is 4.79 Å². The molecule has 134 valence electrons. The van der Waals surface area contributed by atoms with Gasteiger partial charge >= 0.3 is 0 Å². The highest BCUT2D eigenvalue weighted by atomic mass is 32.1. The summed E-state index contributed by atoms with van der Waals surface area (Å²) in [6.45, 7) is 2.22. The Balaban J connectivity index is 2.21. The van der Waals surface area contributed by atoms with Crippen LogP contribution in [0.5, 0.6) is 11.5 Å². The molecule has 1 aromatic carbocycles. The van der Waals surface area contributed by atoms with Crippen LogP contribution in [0.2, 0.25) is 0 Å². The number of ketones is 1. The van der Waals surface area contributed by atoms with E-state index in [1.165, 1.54) is 24.5 Å². The Kier molecular flexibility index (Phi) is 6.94. The second-order valence-electron chi connectivity index (χ2n) is 5.16. The van der Waals surface area contributed by atoms with Gasteiger partial charge in [-0.15, -0.1) is 0 Å². The third-order valence-electron chi connectivity index (χ3n) is 3.38. The number of nitrogens with zero attached hydrogens (tertiary/aromatic N) is 1. The van der Waals surface area contributed by atoms with E-state index >= 15 is 0 Å². The van der Waals surface area contributed by atoms with Crippen molar-refractivity contribution in [1.82, 2.24) is 5.32 Å². The molecule has 0 saturated carbocycles. The van der Waals surface area contributed by atoms with Crippen LogP contribution in [0.3, 0.4) is 0 Å². The van der Waals surface area contributed by atoms with Gasteiger partial charge in [0.1, 0.15) is 11.6 Å². The maximum atomic E-state index is 12.3. The van der Waals surface area contributed by atoms with E-state index in [4.69, 9.17) is 9.47 Å². The predicted octanol–water partition coefficient (Wildman–Crippen LogP) is 3.06. The minimum absolute atomic E-state index is 0.0291. The molecule has 0 aliphatic rings. The monoisotopic (exact) mass is 370 g/mol. The number of amides is 1. The van der Waals surface area contributed by atoms with Gasteiger partial charge in [-0.25, -0.2) is 0 Å². The first-order valence-corrected chi connectivity index (χ1v) is 8.79. The zero-order valence-electron chi connectivity index (χ0n) is 14.4. The van der Waals surface area contributed by atoms with Crippen LogP contribution in [0.25, 0.3) is 6.08 Å². The molecule has 0 aliphatic heterocycles. The fourth-order valence-corrected chi connectivity index (χ4v) is 2.79. The van der Waals surface area contributed by atoms with Crippen molar-refractivity contribution in [3.8, 4) is 17.6 Å². The maximum absolute atomic E-state index is 12.3. The lowest BCUT2D eigenvalue weighted by Gasteiger charge is -2.11. The van der Waals surface area contributed by atoms with Crippen molar-refractivity contribution in [3.63, 3.8) is 0 Å². The number of thiophene rings is 1. The van der Waals surface area contributed by atoms with Crippen molar-refractivity contribution in [2.24, 2.45) is 0 Å². The van der Waals surface area contributed by atoms with Crippen LogP contribution < -0.4 is 14.8 Å².